The Morgan fingerprint density at radius 1 is 0.860 bits per heavy atom. The summed E-state index contributed by atoms with van der Waals surface area (Å²) < 4.78 is 5.77. The lowest BCUT2D eigenvalue weighted by Gasteiger charge is -2.38. The second-order valence-corrected chi connectivity index (χ2v) is 11.6. The molecule has 1 N–H and O–H groups in total. The molecule has 3 aliphatic rings. The Balaban J connectivity index is 1.47. The number of para-hydroxylation sites is 1. The second-order valence-electron chi connectivity index (χ2n) is 11.6. The number of aryl methyl sites for hydroxylation is 1. The molecule has 6 heteroatoms. The van der Waals surface area contributed by atoms with Crippen LogP contribution in [0, 0.1) is 12.8 Å². The van der Waals surface area contributed by atoms with E-state index in [2.05, 4.69) is 5.32 Å². The van der Waals surface area contributed by atoms with Crippen molar-refractivity contribution in [3.8, 4) is 5.75 Å². The van der Waals surface area contributed by atoms with Crippen LogP contribution in [-0.2, 0) is 10.2 Å². The maximum absolute atomic E-state index is 14.9. The molecule has 1 spiro atoms. The maximum atomic E-state index is 14.9. The van der Waals surface area contributed by atoms with Gasteiger partial charge in [-0.2, -0.15) is 0 Å². The number of fused-ring (bicyclic) bond motifs is 6. The van der Waals surface area contributed by atoms with E-state index in [1.54, 1.807) is 24.3 Å². The van der Waals surface area contributed by atoms with E-state index < -0.39 is 23.4 Å². The number of amides is 1. The molecule has 0 aliphatic carbocycles. The van der Waals surface area contributed by atoms with Gasteiger partial charge < -0.3 is 15.0 Å². The van der Waals surface area contributed by atoms with E-state index >= 15 is 0 Å². The standard InChI is InChI=1S/C37H32N2O4/c1-3-22-43-27-18-16-25(17-19-27)33(40)31-32(34(41)26-14-12-23(2)13-15-26)39-21-20-24-8-4-5-9-28(24)35(39)37(31)29-10-6-7-11-30(29)38-36(37)42/h4-21,31-32,35H,3,22H2,1-2H3,(H,38,42)/t31-,32-,35+,37+/m0/s1. The summed E-state index contributed by atoms with van der Waals surface area (Å²) in [5, 5.41) is 3.10. The van der Waals surface area contributed by atoms with Gasteiger partial charge in [-0.25, -0.2) is 0 Å². The van der Waals surface area contributed by atoms with Crippen molar-refractivity contribution < 1.29 is 19.1 Å². The van der Waals surface area contributed by atoms with E-state index in [0.717, 1.165) is 28.7 Å². The zero-order valence-electron chi connectivity index (χ0n) is 24.1. The maximum Gasteiger partial charge on any atom is 0.238 e. The number of hydrogen-bond donors (Lipinski definition) is 1. The number of ether oxygens (including phenoxy) is 1. The van der Waals surface area contributed by atoms with Crippen LogP contribution in [0.4, 0.5) is 5.69 Å². The van der Waals surface area contributed by atoms with E-state index in [4.69, 9.17) is 4.74 Å². The molecular formula is C37H32N2O4. The molecule has 0 saturated carbocycles. The molecular weight excluding hydrogens is 536 g/mol. The van der Waals surface area contributed by atoms with E-state index in [0.29, 0.717) is 29.2 Å². The Morgan fingerprint density at radius 3 is 2.30 bits per heavy atom. The van der Waals surface area contributed by atoms with Crippen LogP contribution in [0.25, 0.3) is 6.08 Å². The molecule has 3 aliphatic heterocycles. The SMILES string of the molecule is CCCOc1ccc(C(=O)[C@@H]2[C@@H](C(=O)c3ccc(C)cc3)N3C=Cc4ccccc4[C@@H]3[C@]23C(=O)Nc2ccccc23)cc1. The summed E-state index contributed by atoms with van der Waals surface area (Å²) in [5.74, 6) is -1.04. The van der Waals surface area contributed by atoms with Gasteiger partial charge in [0, 0.05) is 23.0 Å². The van der Waals surface area contributed by atoms with Crippen LogP contribution in [0.2, 0.25) is 0 Å². The summed E-state index contributed by atoms with van der Waals surface area (Å²) in [6.45, 7) is 4.58. The minimum absolute atomic E-state index is 0.190. The quantitative estimate of drug-likeness (QED) is 0.249. The monoisotopic (exact) mass is 568 g/mol. The highest BCUT2D eigenvalue weighted by atomic mass is 16.5. The first-order chi connectivity index (χ1) is 20.9. The number of benzene rings is 4. The van der Waals surface area contributed by atoms with Gasteiger partial charge in [-0.3, -0.25) is 14.4 Å². The largest absolute Gasteiger partial charge is 0.494 e. The first-order valence-corrected chi connectivity index (χ1v) is 14.8. The summed E-state index contributed by atoms with van der Waals surface area (Å²) >= 11 is 0. The molecule has 6 nitrogen and oxygen atoms in total. The lowest BCUT2D eigenvalue weighted by Crippen LogP contribution is -2.49. The molecule has 0 unspecified atom stereocenters. The normalized spacial score (nSPS) is 23.0. The Morgan fingerprint density at radius 2 is 1.53 bits per heavy atom. The fourth-order valence-corrected chi connectivity index (χ4v) is 7.17. The number of rotatable bonds is 7. The highest BCUT2D eigenvalue weighted by molar-refractivity contribution is 6.16. The van der Waals surface area contributed by atoms with Gasteiger partial charge in [0.2, 0.25) is 5.91 Å². The summed E-state index contributed by atoms with van der Waals surface area (Å²) in [6, 6.07) is 28.5. The summed E-state index contributed by atoms with van der Waals surface area (Å²) in [7, 11) is 0. The predicted molar refractivity (Wildman–Crippen MR) is 166 cm³/mol. The van der Waals surface area contributed by atoms with Gasteiger partial charge in [0.05, 0.1) is 18.6 Å². The summed E-state index contributed by atoms with van der Waals surface area (Å²) in [6.07, 6.45) is 4.74. The van der Waals surface area contributed by atoms with Crippen molar-refractivity contribution in [2.45, 2.75) is 37.8 Å². The number of nitrogens with one attached hydrogen (secondary N) is 1. The van der Waals surface area contributed by atoms with E-state index in [9.17, 15) is 14.4 Å². The van der Waals surface area contributed by atoms with Crippen molar-refractivity contribution in [3.63, 3.8) is 0 Å². The van der Waals surface area contributed by atoms with Crippen molar-refractivity contribution in [2.24, 2.45) is 5.92 Å². The Hall–Kier alpha value is -4.97. The third-order valence-electron chi connectivity index (χ3n) is 9.07. The molecule has 7 rings (SSSR count). The summed E-state index contributed by atoms with van der Waals surface area (Å²) in [5.41, 5.74) is 3.91. The van der Waals surface area contributed by atoms with Gasteiger partial charge in [0.25, 0.3) is 0 Å². The number of ketones is 2. The molecule has 1 saturated heterocycles. The number of hydrogen-bond acceptors (Lipinski definition) is 5. The molecule has 1 fully saturated rings. The zero-order chi connectivity index (χ0) is 29.7. The van der Waals surface area contributed by atoms with Crippen molar-refractivity contribution in [2.75, 3.05) is 11.9 Å². The lowest BCUT2D eigenvalue weighted by molar-refractivity contribution is -0.122. The molecule has 43 heavy (non-hydrogen) atoms. The predicted octanol–water partition coefficient (Wildman–Crippen LogP) is 6.77. The molecule has 214 valence electrons. The van der Waals surface area contributed by atoms with Crippen molar-refractivity contribution in [3.05, 3.63) is 137 Å². The van der Waals surface area contributed by atoms with Crippen LogP contribution in [-0.4, -0.2) is 35.0 Å². The first-order valence-electron chi connectivity index (χ1n) is 14.8. The molecule has 4 aromatic rings. The highest BCUT2D eigenvalue weighted by Gasteiger charge is 2.70. The molecule has 0 radical (unpaired) electrons. The zero-order valence-corrected chi connectivity index (χ0v) is 24.1. The molecule has 1 amide bonds. The van der Waals surface area contributed by atoms with Gasteiger partial charge in [-0.05, 0) is 66.4 Å². The van der Waals surface area contributed by atoms with Crippen LogP contribution >= 0.6 is 0 Å². The fraction of sp³-hybridized carbons (Fsp3) is 0.216. The van der Waals surface area contributed by atoms with Gasteiger partial charge in [-0.1, -0.05) is 79.2 Å². The van der Waals surface area contributed by atoms with Crippen molar-refractivity contribution in [1.29, 1.82) is 0 Å². The number of carbonyl (C=O) groups is 3. The first kappa shape index (κ1) is 26.9. The van der Waals surface area contributed by atoms with Crippen LogP contribution in [0.1, 0.15) is 62.4 Å². The number of anilines is 1. The Bertz CT molecular complexity index is 1780. The smallest absolute Gasteiger partial charge is 0.238 e. The van der Waals surface area contributed by atoms with Crippen LogP contribution in [0.15, 0.2) is 103 Å². The van der Waals surface area contributed by atoms with Gasteiger partial charge >= 0.3 is 0 Å². The van der Waals surface area contributed by atoms with Crippen LogP contribution < -0.4 is 10.1 Å². The van der Waals surface area contributed by atoms with Crippen molar-refractivity contribution >= 4 is 29.2 Å². The Labute approximate surface area is 251 Å². The van der Waals surface area contributed by atoms with Crippen molar-refractivity contribution in [1.82, 2.24) is 4.90 Å². The molecule has 3 heterocycles. The molecule has 0 bridgehead atoms. The molecule has 4 aromatic carbocycles. The van der Waals surface area contributed by atoms with Crippen LogP contribution in [0.5, 0.6) is 5.75 Å². The minimum Gasteiger partial charge on any atom is -0.494 e. The van der Waals surface area contributed by atoms with E-state index in [1.165, 1.54) is 0 Å². The minimum atomic E-state index is -1.35. The number of nitrogens with zero attached hydrogens (tertiary/aromatic N) is 1. The van der Waals surface area contributed by atoms with E-state index in [-0.39, 0.29) is 17.5 Å². The number of Topliss-reactive ketones (excluding diaryl/α,β-unsaturated/α-hetero) is 2. The highest BCUT2D eigenvalue weighted by Crippen LogP contribution is 2.62. The van der Waals surface area contributed by atoms with Crippen LogP contribution in [0.3, 0.4) is 0 Å². The third kappa shape index (κ3) is 4.04. The average molecular weight is 569 g/mol. The second kappa shape index (κ2) is 10.4. The topological polar surface area (TPSA) is 75.7 Å². The Kier molecular flexibility index (Phi) is 6.50. The van der Waals surface area contributed by atoms with Gasteiger partial charge in [-0.15, -0.1) is 0 Å². The molecule has 0 aromatic heterocycles. The van der Waals surface area contributed by atoms with Gasteiger partial charge in [0.15, 0.2) is 11.6 Å². The lowest BCUT2D eigenvalue weighted by atomic mass is 9.62. The molecule has 4 atom stereocenters. The van der Waals surface area contributed by atoms with E-state index in [1.807, 2.05) is 104 Å². The fourth-order valence-electron chi connectivity index (χ4n) is 7.17. The average Bonchev–Trinajstić information content (AvgIpc) is 3.52. The van der Waals surface area contributed by atoms with Gasteiger partial charge in [0.1, 0.15) is 17.2 Å². The number of carbonyl (C=O) groups excluding carboxylic acids is 3. The summed E-state index contributed by atoms with van der Waals surface area (Å²) in [4.78, 5) is 46.1. The third-order valence-corrected chi connectivity index (χ3v) is 9.07.